The summed E-state index contributed by atoms with van der Waals surface area (Å²) in [4.78, 5) is 57.9. The van der Waals surface area contributed by atoms with Crippen LogP contribution in [0.1, 0.15) is 112 Å². The summed E-state index contributed by atoms with van der Waals surface area (Å²) < 4.78 is 29.9. The molecule has 0 aromatic rings. The smallest absolute Gasteiger partial charge is 0.329 e. The van der Waals surface area contributed by atoms with Crippen LogP contribution in [-0.2, 0) is 42.9 Å². The normalized spacial score (nSPS) is 41.2. The van der Waals surface area contributed by atoms with Gasteiger partial charge in [-0.15, -0.1) is 6.58 Å². The number of fused-ring (bicyclic) bond motifs is 3. The second kappa shape index (κ2) is 21.1. The summed E-state index contributed by atoms with van der Waals surface area (Å²) in [6.45, 7) is 13.3. The van der Waals surface area contributed by atoms with Gasteiger partial charge in [-0.2, -0.15) is 0 Å². The molecule has 0 aromatic carbocycles. The lowest BCUT2D eigenvalue weighted by molar-refractivity contribution is -0.302. The maximum absolute atomic E-state index is 14.3. The molecule has 15 atom stereocenters. The standard InChI is InChI=1S/C44H71NO12/c1-10-13-31-19-25(2)18-26(3)20-37(54-8)40-38(55-9)22-28(5)44(52,57-40)41(49)42(50)45-17-12-11-14-32(45)43(51)56-39(29(6)34(47)24-35(31)48)27(4)21-30-15-16-33(46)36(23-30)53-7/h10,19,26-34,36-40,46-47,52H,1,11-18,20-24H2,2-9H3/b25-19-/t26-,27?,28-,29-,30+,31+,32?,33-,34+,36-,37-,38+,39-,40+,44-/m1/s1. The molecule has 4 rings (SSSR count). The number of aliphatic hydroxyl groups excluding tert-OH is 2. The summed E-state index contributed by atoms with van der Waals surface area (Å²) in [6, 6.07) is -1.12. The zero-order valence-electron chi connectivity index (χ0n) is 35.6. The number of esters is 1. The van der Waals surface area contributed by atoms with Gasteiger partial charge in [0.05, 0.1) is 30.5 Å². The number of ether oxygens (including phenoxy) is 5. The molecule has 2 saturated heterocycles. The molecule has 1 aliphatic carbocycles. The van der Waals surface area contributed by atoms with E-state index in [2.05, 4.69) is 6.58 Å². The third-order valence-corrected chi connectivity index (χ3v) is 13.3. The molecular formula is C44H71NO12. The Morgan fingerprint density at radius 2 is 1.60 bits per heavy atom. The Balaban J connectivity index is 1.75. The molecule has 3 fully saturated rings. The largest absolute Gasteiger partial charge is 0.460 e. The van der Waals surface area contributed by atoms with Crippen molar-refractivity contribution < 1.29 is 58.2 Å². The molecule has 2 bridgehead atoms. The maximum Gasteiger partial charge on any atom is 0.329 e. The van der Waals surface area contributed by atoms with Crippen molar-refractivity contribution in [2.75, 3.05) is 27.9 Å². The SMILES string of the molecule is C=CC[C@H]1/C=C(/C)C[C@@H](C)C[C@@H](OC)[C@@H]2O[C@@](O)(C(=O)C(=O)N3CCCCC3C(=O)O[C@H](C(C)C[C@@H]3CC[C@@H](O)[C@H](OC)C3)[C@H](C)[C@@H](O)CC1=O)[C@H](C)C[C@@H]2OC. The number of cyclic esters (lactones) is 1. The maximum atomic E-state index is 14.3. The number of carbonyl (C=O) groups excluding carboxylic acids is 4. The molecule has 324 valence electrons. The predicted molar refractivity (Wildman–Crippen MR) is 213 cm³/mol. The van der Waals surface area contributed by atoms with Gasteiger partial charge in [0.25, 0.3) is 11.7 Å². The highest BCUT2D eigenvalue weighted by Gasteiger charge is 2.56. The van der Waals surface area contributed by atoms with Crippen molar-refractivity contribution in [1.29, 1.82) is 0 Å². The number of ketones is 2. The van der Waals surface area contributed by atoms with Gasteiger partial charge >= 0.3 is 5.97 Å². The summed E-state index contributed by atoms with van der Waals surface area (Å²) in [5.74, 6) is -7.69. The summed E-state index contributed by atoms with van der Waals surface area (Å²) in [7, 11) is 4.64. The van der Waals surface area contributed by atoms with E-state index < -0.39 is 83.9 Å². The monoisotopic (exact) mass is 805 g/mol. The number of hydrogen-bond acceptors (Lipinski definition) is 12. The zero-order valence-corrected chi connectivity index (χ0v) is 35.6. The fraction of sp³-hybridized carbons (Fsp3) is 0.818. The summed E-state index contributed by atoms with van der Waals surface area (Å²) in [5, 5.41) is 34.2. The molecule has 1 saturated carbocycles. The average molecular weight is 806 g/mol. The molecule has 0 radical (unpaired) electrons. The Bertz CT molecular complexity index is 1420. The quantitative estimate of drug-likeness (QED) is 0.175. The van der Waals surface area contributed by atoms with Crippen molar-refractivity contribution in [2.45, 2.75) is 166 Å². The van der Waals surface area contributed by atoms with E-state index in [1.807, 2.05) is 26.8 Å². The Labute approximate surface area is 339 Å². The Morgan fingerprint density at radius 1 is 0.930 bits per heavy atom. The van der Waals surface area contributed by atoms with Gasteiger partial charge in [0, 0.05) is 52.0 Å². The molecule has 1 amide bonds. The number of Topliss-reactive ketones (excluding diaryl/α,β-unsaturated/α-hetero) is 2. The molecule has 3 heterocycles. The molecule has 4 aliphatic rings. The molecule has 0 aromatic heterocycles. The van der Waals surface area contributed by atoms with Crippen molar-refractivity contribution in [1.82, 2.24) is 4.90 Å². The van der Waals surface area contributed by atoms with E-state index in [1.165, 1.54) is 19.1 Å². The van der Waals surface area contributed by atoms with Gasteiger partial charge in [0.1, 0.15) is 24.0 Å². The molecule has 2 unspecified atom stereocenters. The molecule has 3 aliphatic heterocycles. The van der Waals surface area contributed by atoms with Crippen molar-refractivity contribution in [3.63, 3.8) is 0 Å². The van der Waals surface area contributed by atoms with Crippen LogP contribution in [0, 0.1) is 35.5 Å². The zero-order chi connectivity index (χ0) is 42.2. The first-order valence-corrected chi connectivity index (χ1v) is 21.2. The third kappa shape index (κ3) is 11.4. The van der Waals surface area contributed by atoms with Gasteiger partial charge in [-0.05, 0) is 95.3 Å². The van der Waals surface area contributed by atoms with Crippen molar-refractivity contribution in [3.05, 3.63) is 24.3 Å². The number of nitrogens with zero attached hydrogens (tertiary/aromatic N) is 1. The number of aliphatic hydroxyl groups is 3. The van der Waals surface area contributed by atoms with E-state index >= 15 is 0 Å². The number of allylic oxidation sites excluding steroid dienone is 3. The van der Waals surface area contributed by atoms with E-state index in [0.29, 0.717) is 51.4 Å². The van der Waals surface area contributed by atoms with Crippen LogP contribution in [-0.4, -0.2) is 126 Å². The molecule has 57 heavy (non-hydrogen) atoms. The number of carbonyl (C=O) groups is 4. The van der Waals surface area contributed by atoms with E-state index in [-0.39, 0.29) is 55.4 Å². The molecule has 0 spiro atoms. The van der Waals surface area contributed by atoms with Crippen LogP contribution in [0.25, 0.3) is 0 Å². The summed E-state index contributed by atoms with van der Waals surface area (Å²) >= 11 is 0. The van der Waals surface area contributed by atoms with Gasteiger partial charge in [-0.25, -0.2) is 4.79 Å². The van der Waals surface area contributed by atoms with Crippen LogP contribution in [0.15, 0.2) is 24.3 Å². The first-order valence-electron chi connectivity index (χ1n) is 21.2. The highest BCUT2D eigenvalue weighted by molar-refractivity contribution is 6.39. The van der Waals surface area contributed by atoms with Crippen molar-refractivity contribution in [2.24, 2.45) is 35.5 Å². The van der Waals surface area contributed by atoms with Crippen molar-refractivity contribution in [3.8, 4) is 0 Å². The second-order valence-electron chi connectivity index (χ2n) is 17.7. The van der Waals surface area contributed by atoms with Crippen molar-refractivity contribution >= 4 is 23.4 Å². The fourth-order valence-electron chi connectivity index (χ4n) is 9.89. The number of rotatable bonds is 8. The summed E-state index contributed by atoms with van der Waals surface area (Å²) in [6.07, 6.45) is 4.14. The minimum absolute atomic E-state index is 0.0161. The highest BCUT2D eigenvalue weighted by Crippen LogP contribution is 2.40. The Kier molecular flexibility index (Phi) is 17.5. The minimum Gasteiger partial charge on any atom is -0.460 e. The van der Waals surface area contributed by atoms with E-state index in [0.717, 1.165) is 12.0 Å². The van der Waals surface area contributed by atoms with Crippen LogP contribution in [0.5, 0.6) is 0 Å². The summed E-state index contributed by atoms with van der Waals surface area (Å²) in [5.41, 5.74) is 0.966. The number of hydrogen-bond donors (Lipinski definition) is 3. The van der Waals surface area contributed by atoms with Crippen LogP contribution in [0.3, 0.4) is 0 Å². The van der Waals surface area contributed by atoms with Crippen LogP contribution in [0.2, 0.25) is 0 Å². The van der Waals surface area contributed by atoms with Gasteiger partial charge in [-0.3, -0.25) is 14.4 Å². The second-order valence-corrected chi connectivity index (χ2v) is 17.7. The molecule has 13 nitrogen and oxygen atoms in total. The van der Waals surface area contributed by atoms with Crippen LogP contribution >= 0.6 is 0 Å². The van der Waals surface area contributed by atoms with Crippen LogP contribution < -0.4 is 0 Å². The topological polar surface area (TPSA) is 178 Å². The predicted octanol–water partition coefficient (Wildman–Crippen LogP) is 4.72. The van der Waals surface area contributed by atoms with Gasteiger partial charge in [0.2, 0.25) is 5.79 Å². The number of amides is 1. The first-order chi connectivity index (χ1) is 27.0. The molecular weight excluding hydrogens is 734 g/mol. The number of methoxy groups -OCH3 is 3. The fourth-order valence-corrected chi connectivity index (χ4v) is 9.89. The minimum atomic E-state index is -2.50. The van der Waals surface area contributed by atoms with Gasteiger partial charge < -0.3 is 43.9 Å². The van der Waals surface area contributed by atoms with Crippen LogP contribution in [0.4, 0.5) is 0 Å². The lowest BCUT2D eigenvalue weighted by Crippen LogP contribution is -2.64. The molecule has 13 heteroatoms. The van der Waals surface area contributed by atoms with E-state index in [9.17, 15) is 34.5 Å². The highest BCUT2D eigenvalue weighted by atomic mass is 16.7. The van der Waals surface area contributed by atoms with Gasteiger partial charge in [-0.1, -0.05) is 45.4 Å². The lowest BCUT2D eigenvalue weighted by atomic mass is 9.76. The van der Waals surface area contributed by atoms with Gasteiger partial charge in [0.15, 0.2) is 0 Å². The average Bonchev–Trinajstić information content (AvgIpc) is 3.18. The lowest BCUT2D eigenvalue weighted by Gasteiger charge is -2.47. The number of piperidine rings is 1. The Hall–Kier alpha value is -2.52. The Morgan fingerprint density at radius 3 is 2.25 bits per heavy atom. The third-order valence-electron chi connectivity index (χ3n) is 13.3. The van der Waals surface area contributed by atoms with E-state index in [1.54, 1.807) is 27.0 Å². The first kappa shape index (κ1) is 47.2. The van der Waals surface area contributed by atoms with E-state index in [4.69, 9.17) is 23.7 Å². The molecule has 3 N–H and O–H groups in total.